The molecule has 124 valence electrons. The Balaban J connectivity index is -0.000000240. The first-order chi connectivity index (χ1) is 8.75. The van der Waals surface area contributed by atoms with Gasteiger partial charge >= 0.3 is 37.8 Å². The Kier molecular flexibility index (Phi) is 8.45. The molecule has 0 spiro atoms. The van der Waals surface area contributed by atoms with E-state index in [2.05, 4.69) is 50.3 Å². The van der Waals surface area contributed by atoms with E-state index < -0.39 is 19.5 Å². The van der Waals surface area contributed by atoms with Crippen LogP contribution in [0.25, 0.3) is 0 Å². The van der Waals surface area contributed by atoms with Gasteiger partial charge in [0.15, 0.2) is 0 Å². The van der Waals surface area contributed by atoms with E-state index in [4.69, 9.17) is 0 Å². The number of hydrogen-bond acceptors (Lipinski definition) is 0. The van der Waals surface area contributed by atoms with Crippen molar-refractivity contribution in [2.75, 3.05) is 0 Å². The van der Waals surface area contributed by atoms with Gasteiger partial charge in [-0.2, -0.15) is 6.08 Å². The fourth-order valence-electron chi connectivity index (χ4n) is 1.00. The van der Waals surface area contributed by atoms with Crippen LogP contribution in [0.2, 0.25) is 0 Å². The molecule has 8 heteroatoms. The van der Waals surface area contributed by atoms with Gasteiger partial charge < -0.3 is 0 Å². The Morgan fingerprint density at radius 1 is 0.952 bits per heavy atom. The molecule has 1 aromatic carbocycles. The third kappa shape index (κ3) is 25.0. The summed E-state index contributed by atoms with van der Waals surface area (Å²) in [4.78, 5) is 0. The van der Waals surface area contributed by atoms with Crippen molar-refractivity contribution in [2.24, 2.45) is 0 Å². The van der Waals surface area contributed by atoms with Gasteiger partial charge in [0.1, 0.15) is 0 Å². The Hall–Kier alpha value is -0.382. The second kappa shape index (κ2) is 7.75. The normalized spacial score (nSPS) is 15.4. The number of allylic oxidation sites excluding steroid dienone is 4. The van der Waals surface area contributed by atoms with Crippen molar-refractivity contribution in [1.29, 1.82) is 0 Å². The van der Waals surface area contributed by atoms with E-state index in [1.165, 1.54) is 11.1 Å². The quantitative estimate of drug-likeness (QED) is 0.257. The Bertz CT molecular complexity index is 453. The molecule has 0 N–H and O–H groups in total. The summed E-state index contributed by atoms with van der Waals surface area (Å²) in [6.07, 6.45) is 10.0. The van der Waals surface area contributed by atoms with Crippen LogP contribution in [0.5, 0.6) is 0 Å². The first-order valence-corrected chi connectivity index (χ1v) is 11.3. The third-order valence-corrected chi connectivity index (χ3v) is 2.01. The molecule has 0 aromatic heterocycles. The van der Waals surface area contributed by atoms with E-state index in [-0.39, 0.29) is 18.5 Å². The summed E-state index contributed by atoms with van der Waals surface area (Å²) in [5, 5.41) is 0. The SMILES string of the molecule is Cc1ccccc1C.[C-]1=CC=CC1.[F][Sb-]([F])([F])([F])([F])[F].[Fe].[H+]. The summed E-state index contributed by atoms with van der Waals surface area (Å²) in [7, 11) is 0. The van der Waals surface area contributed by atoms with Crippen molar-refractivity contribution >= 4 is 19.5 Å². The zero-order valence-electron chi connectivity index (χ0n) is 12.3. The summed E-state index contributed by atoms with van der Waals surface area (Å²) >= 11 is -11.2. The van der Waals surface area contributed by atoms with Crippen LogP contribution in [0.15, 0.2) is 42.5 Å². The number of aryl methyl sites for hydroxylation is 2. The summed E-state index contributed by atoms with van der Waals surface area (Å²) in [5.41, 5.74) is 2.74. The molecule has 2 rings (SSSR count). The average molecular weight is 464 g/mol. The van der Waals surface area contributed by atoms with Gasteiger partial charge in [0.25, 0.3) is 0 Å². The summed E-state index contributed by atoms with van der Waals surface area (Å²) < 4.78 is 59.6. The van der Waals surface area contributed by atoms with E-state index in [9.17, 15) is 16.9 Å². The van der Waals surface area contributed by atoms with Gasteiger partial charge in [-0.15, -0.1) is 6.42 Å². The molecular weight excluding hydrogens is 448 g/mol. The number of halogens is 6. The molecule has 0 fully saturated rings. The molecule has 21 heavy (non-hydrogen) atoms. The molecule has 1 aliphatic rings. The van der Waals surface area contributed by atoms with Crippen molar-refractivity contribution in [1.82, 2.24) is 0 Å². The first kappa shape index (κ1) is 22.9. The third-order valence-electron chi connectivity index (χ3n) is 2.01. The van der Waals surface area contributed by atoms with Crippen LogP contribution in [0, 0.1) is 19.9 Å². The number of benzene rings is 1. The van der Waals surface area contributed by atoms with E-state index in [1.807, 2.05) is 12.2 Å². The molecule has 0 amide bonds. The smallest absolute Gasteiger partial charge is 0 e. The van der Waals surface area contributed by atoms with E-state index >= 15 is 0 Å². The fourth-order valence-corrected chi connectivity index (χ4v) is 1.00. The van der Waals surface area contributed by atoms with Gasteiger partial charge in [0.05, 0.1) is 0 Å². The zero-order valence-corrected chi connectivity index (χ0v) is 15.0. The molecule has 1 aromatic rings. The Morgan fingerprint density at radius 3 is 1.48 bits per heavy atom. The van der Waals surface area contributed by atoms with Gasteiger partial charge in [-0.3, -0.25) is 6.08 Å². The summed E-state index contributed by atoms with van der Waals surface area (Å²) in [5.74, 6) is 0. The van der Waals surface area contributed by atoms with Crippen LogP contribution >= 0.6 is 0 Å². The Labute approximate surface area is 134 Å². The number of rotatable bonds is 0. The molecule has 0 heterocycles. The van der Waals surface area contributed by atoms with E-state index in [0.29, 0.717) is 0 Å². The molecule has 0 nitrogen and oxygen atoms in total. The molecule has 0 aliphatic heterocycles. The van der Waals surface area contributed by atoms with Crippen molar-refractivity contribution in [3.63, 3.8) is 0 Å². The van der Waals surface area contributed by atoms with Crippen LogP contribution < -0.4 is 0 Å². The minimum atomic E-state index is -11.2. The van der Waals surface area contributed by atoms with Gasteiger partial charge in [-0.1, -0.05) is 24.3 Å². The summed E-state index contributed by atoms with van der Waals surface area (Å²) in [6, 6.07) is 8.36. The van der Waals surface area contributed by atoms with Crippen molar-refractivity contribution in [3.05, 3.63) is 59.7 Å². The maximum atomic E-state index is 9.93. The maximum absolute atomic E-state index is 11.2. The van der Waals surface area contributed by atoms with Crippen LogP contribution in [0.4, 0.5) is 16.9 Å². The second-order valence-electron chi connectivity index (χ2n) is 4.05. The molecular formula is C13H16F6FeSb-. The second-order valence-corrected chi connectivity index (χ2v) is 9.52. The number of hydrogen-bond donors (Lipinski definition) is 0. The van der Waals surface area contributed by atoms with Crippen molar-refractivity contribution < 1.29 is 35.4 Å². The predicted octanol–water partition coefficient (Wildman–Crippen LogP) is 5.86. The molecule has 0 radical (unpaired) electrons. The average Bonchev–Trinajstić information content (AvgIpc) is 2.76. The fraction of sp³-hybridized carbons (Fsp3) is 0.231. The zero-order chi connectivity index (χ0) is 15.9. The largest absolute Gasteiger partial charge is 1.00 e. The van der Waals surface area contributed by atoms with Gasteiger partial charge in [-0.05, 0) is 25.0 Å². The molecule has 0 saturated heterocycles. The molecule has 1 aliphatic carbocycles. The minimum Gasteiger partial charge on any atom is 0 e. The van der Waals surface area contributed by atoms with Gasteiger partial charge in [-0.25, -0.2) is 12.2 Å². The van der Waals surface area contributed by atoms with Gasteiger partial charge in [0, 0.05) is 17.1 Å². The molecule has 0 saturated carbocycles. The van der Waals surface area contributed by atoms with Crippen LogP contribution in [0.1, 0.15) is 19.0 Å². The Morgan fingerprint density at radius 2 is 1.33 bits per heavy atom. The first-order valence-electron chi connectivity index (χ1n) is 5.56. The topological polar surface area (TPSA) is 0 Å². The van der Waals surface area contributed by atoms with Crippen LogP contribution in [-0.2, 0) is 17.1 Å². The van der Waals surface area contributed by atoms with Crippen molar-refractivity contribution in [2.45, 2.75) is 20.3 Å². The van der Waals surface area contributed by atoms with Crippen LogP contribution in [0.3, 0.4) is 0 Å². The molecule has 0 atom stereocenters. The molecule has 0 unspecified atom stereocenters. The van der Waals surface area contributed by atoms with E-state index in [1.54, 1.807) is 0 Å². The predicted molar refractivity (Wildman–Crippen MR) is 71.0 cm³/mol. The van der Waals surface area contributed by atoms with E-state index in [0.717, 1.165) is 6.42 Å². The van der Waals surface area contributed by atoms with Crippen molar-refractivity contribution in [3.8, 4) is 0 Å². The molecule has 0 bridgehead atoms. The minimum absolute atomic E-state index is 0. The summed E-state index contributed by atoms with van der Waals surface area (Å²) in [6.45, 7) is 4.24. The standard InChI is InChI=1S/C8H10.C5H5.6FH.Fe.Sb/c1-7-5-3-4-6-8(7)2;1-2-4-5-3-1;;;;;;;;/h3-6H,1-2H3;1-3H,4H2;6*1H;;/q;-1;;;;;;;;+5/p-5. The maximum Gasteiger partial charge on any atom is 1.00 e. The van der Waals surface area contributed by atoms with Gasteiger partial charge in [0.2, 0.25) is 0 Å². The van der Waals surface area contributed by atoms with Crippen LogP contribution in [-0.4, -0.2) is 19.5 Å². The monoisotopic (exact) mass is 463 g/mol.